The van der Waals surface area contributed by atoms with E-state index in [0.29, 0.717) is 4.90 Å². The molecule has 148 valence electrons. The topological polar surface area (TPSA) is 49.9 Å². The smallest absolute Gasteiger partial charge is 0.242 e. The van der Waals surface area contributed by atoms with E-state index in [1.165, 1.54) is 4.31 Å². The van der Waals surface area contributed by atoms with Crippen LogP contribution >= 0.6 is 15.9 Å². The summed E-state index contributed by atoms with van der Waals surface area (Å²) in [7, 11) is -2.12. The second-order valence-corrected chi connectivity index (χ2v) is 16.4. The van der Waals surface area contributed by atoms with E-state index >= 15 is 0 Å². The van der Waals surface area contributed by atoms with Crippen molar-refractivity contribution >= 4 is 40.0 Å². The van der Waals surface area contributed by atoms with Crippen LogP contribution in [0.15, 0.2) is 27.6 Å². The Morgan fingerprint density at radius 3 is 2.38 bits per heavy atom. The van der Waals surface area contributed by atoms with Crippen LogP contribution in [0.1, 0.15) is 27.2 Å². The number of hydrogen-bond donors (Lipinski definition) is 0. The van der Waals surface area contributed by atoms with Crippen LogP contribution in [0.3, 0.4) is 0 Å². The number of anilines is 1. The third-order valence-corrected chi connectivity index (χ3v) is 12.4. The van der Waals surface area contributed by atoms with Gasteiger partial charge in [-0.2, -0.15) is 0 Å². The molecule has 0 amide bonds. The molecule has 5 nitrogen and oxygen atoms in total. The number of sulfonamides is 1. The maximum absolute atomic E-state index is 12.3. The molecule has 2 rings (SSSR count). The van der Waals surface area contributed by atoms with Crippen LogP contribution in [0.5, 0.6) is 0 Å². The van der Waals surface area contributed by atoms with Crippen LogP contribution in [-0.2, 0) is 14.4 Å². The third kappa shape index (κ3) is 4.52. The van der Waals surface area contributed by atoms with Gasteiger partial charge in [0.25, 0.3) is 0 Å². The second-order valence-electron chi connectivity index (χ2n) is 8.64. The average Bonchev–Trinajstić information content (AvgIpc) is 2.93. The summed E-state index contributed by atoms with van der Waals surface area (Å²) < 4.78 is 33.2. The van der Waals surface area contributed by atoms with Crippen molar-refractivity contribution in [3.05, 3.63) is 22.7 Å². The quantitative estimate of drug-likeness (QED) is 0.611. The molecule has 1 aromatic carbocycles. The van der Waals surface area contributed by atoms with Gasteiger partial charge < -0.3 is 9.33 Å². The minimum Gasteiger partial charge on any atom is -0.412 e. The predicted molar refractivity (Wildman–Crippen MR) is 114 cm³/mol. The molecular formula is C18H31BrN2O3SSi. The van der Waals surface area contributed by atoms with Crippen molar-refractivity contribution < 1.29 is 12.8 Å². The van der Waals surface area contributed by atoms with E-state index in [2.05, 4.69) is 54.7 Å². The first kappa shape index (κ1) is 21.9. The van der Waals surface area contributed by atoms with Gasteiger partial charge in [-0.3, -0.25) is 0 Å². The van der Waals surface area contributed by atoms with Gasteiger partial charge in [-0.15, -0.1) is 0 Å². The Hall–Kier alpha value is -0.413. The molecule has 1 aliphatic rings. The molecule has 1 aromatic rings. The maximum atomic E-state index is 12.3. The summed E-state index contributed by atoms with van der Waals surface area (Å²) in [5, 5.41) is 0.198. The van der Waals surface area contributed by atoms with Gasteiger partial charge in [-0.05, 0) is 58.7 Å². The summed E-state index contributed by atoms with van der Waals surface area (Å²) in [6, 6.07) is 5.25. The summed E-state index contributed by atoms with van der Waals surface area (Å²) in [6.07, 6.45) is 1.23. The lowest BCUT2D eigenvalue weighted by Gasteiger charge is -2.38. The summed E-state index contributed by atoms with van der Waals surface area (Å²) in [4.78, 5) is 2.57. The SMILES string of the molecule is CN(C)S(=O)(=O)c1ccc(N2CCC(O[Si](C)(C)C(C)(C)C)C2)c(Br)c1. The Morgan fingerprint density at radius 1 is 1.27 bits per heavy atom. The van der Waals surface area contributed by atoms with Gasteiger partial charge in [0, 0.05) is 31.7 Å². The molecule has 1 unspecified atom stereocenters. The molecule has 1 saturated heterocycles. The maximum Gasteiger partial charge on any atom is 0.242 e. The molecule has 0 spiro atoms. The number of benzene rings is 1. The van der Waals surface area contributed by atoms with Crippen molar-refractivity contribution in [3.63, 3.8) is 0 Å². The molecule has 0 radical (unpaired) electrons. The van der Waals surface area contributed by atoms with Gasteiger partial charge in [0.2, 0.25) is 10.0 Å². The van der Waals surface area contributed by atoms with E-state index in [-0.39, 0.29) is 11.1 Å². The Labute approximate surface area is 168 Å². The zero-order chi connectivity index (χ0) is 19.9. The predicted octanol–water partition coefficient (Wildman–Crippen LogP) is 4.30. The molecule has 8 heteroatoms. The number of halogens is 1. The lowest BCUT2D eigenvalue weighted by molar-refractivity contribution is 0.202. The summed E-state index contributed by atoms with van der Waals surface area (Å²) >= 11 is 3.56. The van der Waals surface area contributed by atoms with E-state index in [1.54, 1.807) is 26.2 Å². The van der Waals surface area contributed by atoms with Gasteiger partial charge in [0.1, 0.15) is 0 Å². The normalized spacial score (nSPS) is 19.4. The Kier molecular flexibility index (Phi) is 6.35. The Morgan fingerprint density at radius 2 is 1.88 bits per heavy atom. The molecule has 0 bridgehead atoms. The van der Waals surface area contributed by atoms with E-state index < -0.39 is 18.3 Å². The molecule has 0 N–H and O–H groups in total. The summed E-state index contributed by atoms with van der Waals surface area (Å²) in [6.45, 7) is 13.1. The fraction of sp³-hybridized carbons (Fsp3) is 0.667. The van der Waals surface area contributed by atoms with Crippen molar-refractivity contribution in [3.8, 4) is 0 Å². The highest BCUT2D eigenvalue weighted by Crippen LogP contribution is 2.39. The van der Waals surface area contributed by atoms with E-state index in [4.69, 9.17) is 4.43 Å². The number of rotatable bonds is 5. The van der Waals surface area contributed by atoms with Crippen LogP contribution in [-0.4, -0.2) is 54.3 Å². The van der Waals surface area contributed by atoms with Gasteiger partial charge in [-0.1, -0.05) is 20.8 Å². The first-order valence-corrected chi connectivity index (χ1v) is 14.0. The molecule has 26 heavy (non-hydrogen) atoms. The minimum atomic E-state index is -3.43. The lowest BCUT2D eigenvalue weighted by atomic mass is 10.2. The largest absolute Gasteiger partial charge is 0.412 e. The van der Waals surface area contributed by atoms with Crippen LogP contribution < -0.4 is 4.90 Å². The van der Waals surface area contributed by atoms with Gasteiger partial charge in [0.15, 0.2) is 8.32 Å². The minimum absolute atomic E-state index is 0.198. The highest BCUT2D eigenvalue weighted by Gasteiger charge is 2.40. The first-order valence-electron chi connectivity index (χ1n) is 8.90. The van der Waals surface area contributed by atoms with Crippen molar-refractivity contribution in [1.29, 1.82) is 0 Å². The lowest BCUT2D eigenvalue weighted by Crippen LogP contribution is -2.44. The van der Waals surface area contributed by atoms with Crippen molar-refractivity contribution in [2.45, 2.75) is 56.3 Å². The highest BCUT2D eigenvalue weighted by molar-refractivity contribution is 9.10. The molecule has 0 aliphatic carbocycles. The zero-order valence-corrected chi connectivity index (χ0v) is 20.2. The fourth-order valence-electron chi connectivity index (χ4n) is 2.75. The van der Waals surface area contributed by atoms with Gasteiger partial charge in [0.05, 0.1) is 16.7 Å². The molecule has 0 aromatic heterocycles. The van der Waals surface area contributed by atoms with E-state index in [0.717, 1.165) is 29.7 Å². The summed E-state index contributed by atoms with van der Waals surface area (Å²) in [5.74, 6) is 0. The number of hydrogen-bond acceptors (Lipinski definition) is 4. The van der Waals surface area contributed by atoms with Crippen molar-refractivity contribution in [2.75, 3.05) is 32.1 Å². The Balaban J connectivity index is 2.14. The van der Waals surface area contributed by atoms with E-state index in [1.807, 2.05) is 6.07 Å². The Bertz CT molecular complexity index is 760. The summed E-state index contributed by atoms with van der Waals surface area (Å²) in [5.41, 5.74) is 1.02. The standard InChI is InChI=1S/C18H31BrN2O3SSi/c1-18(2,3)26(6,7)24-14-10-11-21(13-14)17-9-8-15(12-16(17)19)25(22,23)20(4)5/h8-9,12,14H,10-11,13H2,1-7H3. The molecular weight excluding hydrogens is 432 g/mol. The van der Waals surface area contributed by atoms with Crippen molar-refractivity contribution in [2.24, 2.45) is 0 Å². The molecule has 1 fully saturated rings. The van der Waals surface area contributed by atoms with Crippen LogP contribution in [0.4, 0.5) is 5.69 Å². The molecule has 1 aliphatic heterocycles. The fourth-order valence-corrected chi connectivity index (χ4v) is 5.84. The zero-order valence-electron chi connectivity index (χ0n) is 16.8. The second kappa shape index (κ2) is 7.54. The van der Waals surface area contributed by atoms with Crippen LogP contribution in [0.2, 0.25) is 18.1 Å². The van der Waals surface area contributed by atoms with Crippen LogP contribution in [0.25, 0.3) is 0 Å². The third-order valence-electron chi connectivity index (χ3n) is 5.45. The highest BCUT2D eigenvalue weighted by atomic mass is 79.9. The van der Waals surface area contributed by atoms with Gasteiger partial charge in [-0.25, -0.2) is 12.7 Å². The first-order chi connectivity index (χ1) is 11.8. The van der Waals surface area contributed by atoms with E-state index in [9.17, 15) is 8.42 Å². The van der Waals surface area contributed by atoms with Gasteiger partial charge >= 0.3 is 0 Å². The molecule has 1 heterocycles. The van der Waals surface area contributed by atoms with Crippen molar-refractivity contribution in [1.82, 2.24) is 4.31 Å². The number of nitrogens with zero attached hydrogens (tertiary/aromatic N) is 2. The van der Waals surface area contributed by atoms with Crippen LogP contribution in [0, 0.1) is 0 Å². The molecule has 1 atom stereocenters. The monoisotopic (exact) mass is 462 g/mol. The molecule has 0 saturated carbocycles. The average molecular weight is 464 g/mol.